The van der Waals surface area contributed by atoms with Gasteiger partial charge in [0.1, 0.15) is 11.7 Å². The molecule has 3 amide bonds. The van der Waals surface area contributed by atoms with Gasteiger partial charge in [0.05, 0.1) is 11.9 Å². The van der Waals surface area contributed by atoms with Crippen LogP contribution in [0.5, 0.6) is 0 Å². The van der Waals surface area contributed by atoms with Crippen molar-refractivity contribution >= 4 is 36.8 Å². The highest BCUT2D eigenvalue weighted by Gasteiger charge is 2.34. The lowest BCUT2D eigenvalue weighted by Gasteiger charge is -2.35. The van der Waals surface area contributed by atoms with Gasteiger partial charge in [-0.15, -0.1) is 0 Å². The van der Waals surface area contributed by atoms with Crippen LogP contribution in [0.3, 0.4) is 0 Å². The normalized spacial score (nSPS) is 14.8. The van der Waals surface area contributed by atoms with Crippen LogP contribution < -0.4 is 5.32 Å². The third-order valence-corrected chi connectivity index (χ3v) is 7.39. The Morgan fingerprint density at radius 1 is 0.973 bits per heavy atom. The fourth-order valence-corrected chi connectivity index (χ4v) is 5.38. The Balaban J connectivity index is 1.61. The summed E-state index contributed by atoms with van der Waals surface area (Å²) in [6, 6.07) is 13.0. The largest absolute Gasteiger partial charge is 0.465 e. The predicted octanol–water partition coefficient (Wildman–Crippen LogP) is 2.58. The molecule has 4 N–H and O–H groups in total. The molecule has 3 aromatic rings. The number of nitrogens with one attached hydrogen (secondary N) is 1. The molecule has 1 aliphatic rings. The molecule has 37 heavy (non-hydrogen) atoms. The van der Waals surface area contributed by atoms with Gasteiger partial charge >= 0.3 is 13.7 Å². The topological polar surface area (TPSA) is 160 Å². The summed E-state index contributed by atoms with van der Waals surface area (Å²) < 4.78 is 11.8. The van der Waals surface area contributed by atoms with Gasteiger partial charge in [-0.2, -0.15) is 11.3 Å². The molecule has 0 unspecified atom stereocenters. The molecule has 0 bridgehead atoms. The third-order valence-electron chi connectivity index (χ3n) is 5.87. The minimum atomic E-state index is -4.69. The number of carbonyl (C=O) groups is 3. The van der Waals surface area contributed by atoms with E-state index < -0.39 is 37.7 Å². The predicted molar refractivity (Wildman–Crippen MR) is 137 cm³/mol. The maximum atomic E-state index is 13.3. The van der Waals surface area contributed by atoms with Gasteiger partial charge in [-0.1, -0.05) is 30.3 Å². The molecule has 0 aliphatic carbocycles. The minimum absolute atomic E-state index is 0.0123. The Morgan fingerprint density at radius 3 is 2.24 bits per heavy atom. The van der Waals surface area contributed by atoms with Gasteiger partial charge < -0.3 is 30.0 Å². The van der Waals surface area contributed by atoms with Gasteiger partial charge in [0, 0.05) is 31.7 Å². The first kappa shape index (κ1) is 26.5. The number of hydrogen-bond donors (Lipinski definition) is 4. The summed E-state index contributed by atoms with van der Waals surface area (Å²) in [5, 5.41) is 15.4. The smallest absolute Gasteiger partial charge is 0.407 e. The third kappa shape index (κ3) is 6.80. The first-order valence-electron chi connectivity index (χ1n) is 11.3. The zero-order valence-electron chi connectivity index (χ0n) is 19.6. The van der Waals surface area contributed by atoms with Crippen LogP contribution in [0, 0.1) is 0 Å². The number of thiophene rings is 1. The van der Waals surface area contributed by atoms with Crippen LogP contribution in [0.2, 0.25) is 0 Å². The van der Waals surface area contributed by atoms with Crippen molar-refractivity contribution in [3.05, 3.63) is 65.0 Å². The van der Waals surface area contributed by atoms with E-state index in [9.17, 15) is 28.7 Å². The number of nitrogens with zero attached hydrogens (tertiary/aromatic N) is 3. The van der Waals surface area contributed by atoms with Crippen LogP contribution in [0.25, 0.3) is 22.4 Å². The zero-order chi connectivity index (χ0) is 26.6. The molecule has 0 saturated carbocycles. The molecular weight excluding hydrogens is 519 g/mol. The van der Waals surface area contributed by atoms with Crippen LogP contribution in [-0.2, 0) is 9.36 Å². The molecule has 1 aromatic carbocycles. The summed E-state index contributed by atoms with van der Waals surface area (Å²) in [6.07, 6.45) is -2.01. The maximum absolute atomic E-state index is 13.3. The Labute approximate surface area is 216 Å². The minimum Gasteiger partial charge on any atom is -0.465 e. The fraction of sp³-hybridized carbons (Fsp3) is 0.250. The molecule has 0 radical (unpaired) electrons. The van der Waals surface area contributed by atoms with E-state index in [4.69, 9.17) is 5.11 Å². The van der Waals surface area contributed by atoms with Gasteiger partial charge in [0.25, 0.3) is 5.91 Å². The van der Waals surface area contributed by atoms with Gasteiger partial charge in [0.15, 0.2) is 0 Å². The summed E-state index contributed by atoms with van der Waals surface area (Å²) in [5.74, 6) is -1.45. The number of carbonyl (C=O) groups excluding carboxylic acids is 2. The van der Waals surface area contributed by atoms with Crippen LogP contribution in [0.1, 0.15) is 10.5 Å². The second-order valence-electron chi connectivity index (χ2n) is 8.47. The molecular formula is C24H25N4O7PS. The fourth-order valence-electron chi connectivity index (χ4n) is 3.99. The average molecular weight is 545 g/mol. The number of amides is 3. The average Bonchev–Trinajstić information content (AvgIpc) is 3.42. The molecule has 1 fully saturated rings. The SMILES string of the molecule is O=C(N[C@@H](CP(=O)(O)O)C(=O)N1CCN(C(=O)O)CC1)c1cc(-c2ccsc2)cc(-c2ccccc2)n1. The number of hydrogen-bond acceptors (Lipinski definition) is 6. The highest BCUT2D eigenvalue weighted by molar-refractivity contribution is 7.51. The van der Waals surface area contributed by atoms with Crippen LogP contribution in [0.4, 0.5) is 4.79 Å². The lowest BCUT2D eigenvalue weighted by molar-refractivity contribution is -0.134. The highest BCUT2D eigenvalue weighted by atomic mass is 32.1. The van der Waals surface area contributed by atoms with Gasteiger partial charge in [0.2, 0.25) is 5.91 Å². The highest BCUT2D eigenvalue weighted by Crippen LogP contribution is 2.35. The monoisotopic (exact) mass is 544 g/mol. The zero-order valence-corrected chi connectivity index (χ0v) is 21.3. The van der Waals surface area contributed by atoms with Crippen LogP contribution in [-0.4, -0.2) is 86.0 Å². The van der Waals surface area contributed by atoms with E-state index in [-0.39, 0.29) is 31.9 Å². The molecule has 3 heterocycles. The van der Waals surface area contributed by atoms with E-state index in [0.29, 0.717) is 5.69 Å². The van der Waals surface area contributed by atoms with Crippen molar-refractivity contribution in [1.29, 1.82) is 0 Å². The summed E-state index contributed by atoms with van der Waals surface area (Å²) in [5.41, 5.74) is 2.88. The number of rotatable bonds is 7. The standard InChI is InChI=1S/C24H25N4O7PS/c29-22(26-21(14-36(33,34)35)23(30)27-7-9-28(10-8-27)24(31)32)20-13-18(17-6-11-37-15-17)12-19(25-20)16-4-2-1-3-5-16/h1-6,11-13,15,21H,7-10,14H2,(H,26,29)(H,31,32)(H2,33,34,35)/t21-/m0/s1. The number of piperazine rings is 1. The van der Waals surface area contributed by atoms with E-state index in [1.807, 2.05) is 53.2 Å². The Hall–Kier alpha value is -3.57. The van der Waals surface area contributed by atoms with Crippen LogP contribution >= 0.6 is 18.9 Å². The second-order valence-corrected chi connectivity index (χ2v) is 10.9. The van der Waals surface area contributed by atoms with Crippen molar-refractivity contribution in [2.24, 2.45) is 0 Å². The van der Waals surface area contributed by atoms with Crippen molar-refractivity contribution < 1.29 is 33.8 Å². The Kier molecular flexibility index (Phi) is 8.03. The van der Waals surface area contributed by atoms with E-state index >= 15 is 0 Å². The maximum Gasteiger partial charge on any atom is 0.407 e. The molecule has 4 rings (SSSR count). The van der Waals surface area contributed by atoms with E-state index in [0.717, 1.165) is 21.6 Å². The summed E-state index contributed by atoms with van der Waals surface area (Å²) in [4.78, 5) is 63.7. The van der Waals surface area contributed by atoms with Crippen molar-refractivity contribution in [2.75, 3.05) is 32.3 Å². The number of carboxylic acid groups (broad SMARTS) is 1. The second kappa shape index (κ2) is 11.2. The van der Waals surface area contributed by atoms with Crippen molar-refractivity contribution in [3.63, 3.8) is 0 Å². The molecule has 11 nitrogen and oxygen atoms in total. The number of aromatic nitrogens is 1. The Bertz CT molecular complexity index is 1320. The van der Waals surface area contributed by atoms with Crippen molar-refractivity contribution in [1.82, 2.24) is 20.1 Å². The molecule has 13 heteroatoms. The van der Waals surface area contributed by atoms with E-state index in [1.165, 1.54) is 16.2 Å². The molecule has 1 atom stereocenters. The number of pyridine rings is 1. The molecule has 1 aliphatic heterocycles. The van der Waals surface area contributed by atoms with Gasteiger partial charge in [-0.05, 0) is 40.1 Å². The summed E-state index contributed by atoms with van der Waals surface area (Å²) in [6.45, 7) is 0.204. The van der Waals surface area contributed by atoms with Crippen molar-refractivity contribution in [3.8, 4) is 22.4 Å². The molecule has 0 spiro atoms. The molecule has 1 saturated heterocycles. The van der Waals surface area contributed by atoms with E-state index in [2.05, 4.69) is 10.3 Å². The lowest BCUT2D eigenvalue weighted by Crippen LogP contribution is -2.56. The van der Waals surface area contributed by atoms with E-state index in [1.54, 1.807) is 6.07 Å². The summed E-state index contributed by atoms with van der Waals surface area (Å²) >= 11 is 1.49. The van der Waals surface area contributed by atoms with Crippen molar-refractivity contribution in [2.45, 2.75) is 6.04 Å². The number of benzene rings is 1. The first-order valence-corrected chi connectivity index (χ1v) is 14.1. The quantitative estimate of drug-likeness (QED) is 0.330. The van der Waals surface area contributed by atoms with Gasteiger partial charge in [-0.3, -0.25) is 14.2 Å². The lowest BCUT2D eigenvalue weighted by atomic mass is 10.0. The Morgan fingerprint density at radius 2 is 1.65 bits per heavy atom. The molecule has 194 valence electrons. The molecule has 2 aromatic heterocycles. The van der Waals surface area contributed by atoms with Crippen LogP contribution in [0.15, 0.2) is 59.3 Å². The van der Waals surface area contributed by atoms with Gasteiger partial charge in [-0.25, -0.2) is 9.78 Å². The summed E-state index contributed by atoms with van der Waals surface area (Å²) in [7, 11) is -4.69. The first-order chi connectivity index (χ1) is 17.6.